The highest BCUT2D eigenvalue weighted by Crippen LogP contribution is 2.36. The summed E-state index contributed by atoms with van der Waals surface area (Å²) < 4.78 is 18.6. The van der Waals surface area contributed by atoms with Gasteiger partial charge < -0.3 is 19.1 Å². The number of nitrogens with one attached hydrogen (secondary N) is 1. The number of likely N-dealkylation sites (tertiary alicyclic amines) is 1. The van der Waals surface area contributed by atoms with E-state index in [0.717, 1.165) is 77.0 Å². The Bertz CT molecular complexity index is 2280. The third-order valence-corrected chi connectivity index (χ3v) is 12.0. The molecule has 0 saturated carbocycles. The van der Waals surface area contributed by atoms with E-state index in [-0.39, 0.29) is 23.7 Å². The number of nitrogens with zero attached hydrogens (tertiary/aromatic N) is 4. The molecule has 1 saturated heterocycles. The molecular weight excluding hydrogens is 763 g/mol. The summed E-state index contributed by atoms with van der Waals surface area (Å²) in [5.41, 5.74) is 5.42. The van der Waals surface area contributed by atoms with Crippen LogP contribution < -0.4 is 15.0 Å². The number of thiazole rings is 1. The number of pyridine rings is 1. The number of benzene rings is 3. The Labute approximate surface area is 351 Å². The first-order chi connectivity index (χ1) is 28.3. The molecule has 1 atom stereocenters. The second-order valence-electron chi connectivity index (χ2n) is 16.6. The van der Waals surface area contributed by atoms with Crippen molar-refractivity contribution in [2.24, 2.45) is 5.92 Å². The molecule has 2 aliphatic rings. The number of carbonyl (C=O) groups is 3. The maximum Gasteiger partial charge on any atom is 0.358 e. The van der Waals surface area contributed by atoms with E-state index in [0.29, 0.717) is 60.7 Å². The number of hydrogen-bond donors (Lipinski definition) is 1. The Hall–Kier alpha value is -5.33. The van der Waals surface area contributed by atoms with Crippen LogP contribution in [0.3, 0.4) is 0 Å². The third kappa shape index (κ3) is 10.3. The number of ether oxygens (including phenoxy) is 3. The molecule has 59 heavy (non-hydrogen) atoms. The van der Waals surface area contributed by atoms with Gasteiger partial charge in [-0.15, -0.1) is 0 Å². The van der Waals surface area contributed by atoms with Gasteiger partial charge in [0.25, 0.3) is 5.91 Å². The lowest BCUT2D eigenvalue weighted by Crippen LogP contribution is -2.38. The molecule has 1 fully saturated rings. The number of anilines is 2. The molecule has 7 rings (SSSR count). The zero-order chi connectivity index (χ0) is 41.7. The molecule has 11 nitrogen and oxygen atoms in total. The number of hydrogen-bond acceptors (Lipinski definition) is 11. The van der Waals surface area contributed by atoms with Gasteiger partial charge in [-0.25, -0.2) is 14.8 Å². The Morgan fingerprint density at radius 1 is 0.932 bits per heavy atom. The molecule has 5 aromatic rings. The van der Waals surface area contributed by atoms with Crippen molar-refractivity contribution in [2.45, 2.75) is 91.9 Å². The van der Waals surface area contributed by atoms with Crippen molar-refractivity contribution in [1.82, 2.24) is 14.9 Å². The molecular formula is C47H55N5O6S. The molecule has 1 amide bonds. The Morgan fingerprint density at radius 3 is 2.47 bits per heavy atom. The van der Waals surface area contributed by atoms with Gasteiger partial charge in [-0.2, -0.15) is 0 Å². The lowest BCUT2D eigenvalue weighted by atomic mass is 9.91. The van der Waals surface area contributed by atoms with Crippen LogP contribution in [-0.2, 0) is 27.2 Å². The molecule has 310 valence electrons. The first-order valence-electron chi connectivity index (χ1n) is 20.8. The molecule has 0 radical (unpaired) electrons. The van der Waals surface area contributed by atoms with Gasteiger partial charge >= 0.3 is 11.9 Å². The van der Waals surface area contributed by atoms with Crippen molar-refractivity contribution < 1.29 is 28.6 Å². The molecule has 4 heterocycles. The average Bonchev–Trinajstić information content (AvgIpc) is 3.62. The van der Waals surface area contributed by atoms with Crippen molar-refractivity contribution >= 4 is 50.3 Å². The van der Waals surface area contributed by atoms with Crippen LogP contribution >= 0.6 is 11.3 Å². The van der Waals surface area contributed by atoms with Gasteiger partial charge in [0.2, 0.25) is 0 Å². The largest absolute Gasteiger partial charge is 0.490 e. The first-order valence-corrected chi connectivity index (χ1v) is 21.6. The highest BCUT2D eigenvalue weighted by atomic mass is 32.1. The topological polar surface area (TPSA) is 123 Å². The van der Waals surface area contributed by atoms with Gasteiger partial charge in [-0.05, 0) is 151 Å². The van der Waals surface area contributed by atoms with E-state index in [1.165, 1.54) is 11.3 Å². The van der Waals surface area contributed by atoms with Crippen LogP contribution in [0.2, 0.25) is 0 Å². The minimum atomic E-state index is -0.728. The number of carbonyl (C=O) groups excluding carboxylic acids is 3. The summed E-state index contributed by atoms with van der Waals surface area (Å²) in [7, 11) is 0. The van der Waals surface area contributed by atoms with E-state index in [1.807, 2.05) is 101 Å². The lowest BCUT2D eigenvalue weighted by Gasteiger charge is -2.32. The number of para-hydroxylation sites is 1. The smallest absolute Gasteiger partial charge is 0.358 e. The van der Waals surface area contributed by atoms with E-state index in [4.69, 9.17) is 19.2 Å². The predicted octanol–water partition coefficient (Wildman–Crippen LogP) is 9.26. The minimum absolute atomic E-state index is 0.0116. The van der Waals surface area contributed by atoms with E-state index in [2.05, 4.69) is 33.1 Å². The lowest BCUT2D eigenvalue weighted by molar-refractivity contribution is -0.144. The summed E-state index contributed by atoms with van der Waals surface area (Å²) >= 11 is 1.45. The Morgan fingerprint density at radius 2 is 1.71 bits per heavy atom. The van der Waals surface area contributed by atoms with Gasteiger partial charge in [0.05, 0.1) is 29.5 Å². The zero-order valence-electron chi connectivity index (χ0n) is 35.0. The SMILES string of the molecule is CCOC(=O)CN1CCC(CCC(C)Oc2cccc(-c3ccc(N4CCc5cccc(C(=O)Nc6nc7ccccc7s6)c5C4)nc3C(=O)OC(C)(C)C)c2C)CC1. The van der Waals surface area contributed by atoms with Crippen LogP contribution in [0.5, 0.6) is 5.75 Å². The third-order valence-electron chi connectivity index (χ3n) is 11.1. The summed E-state index contributed by atoms with van der Waals surface area (Å²) in [4.78, 5) is 53.5. The van der Waals surface area contributed by atoms with Crippen molar-refractivity contribution in [3.8, 4) is 16.9 Å². The molecule has 2 aromatic heterocycles. The summed E-state index contributed by atoms with van der Waals surface area (Å²) in [5.74, 6) is 1.13. The molecule has 1 N–H and O–H groups in total. The number of amides is 1. The van der Waals surface area contributed by atoms with E-state index in [9.17, 15) is 14.4 Å². The van der Waals surface area contributed by atoms with Crippen LogP contribution in [0.15, 0.2) is 72.8 Å². The number of piperidine rings is 1. The van der Waals surface area contributed by atoms with Crippen LogP contribution in [0.4, 0.5) is 10.9 Å². The van der Waals surface area contributed by atoms with Gasteiger partial charge in [-0.3, -0.25) is 19.8 Å². The average molecular weight is 818 g/mol. The van der Waals surface area contributed by atoms with Gasteiger partial charge in [0.1, 0.15) is 17.2 Å². The highest BCUT2D eigenvalue weighted by Gasteiger charge is 2.28. The van der Waals surface area contributed by atoms with Gasteiger partial charge in [0, 0.05) is 24.2 Å². The first kappa shape index (κ1) is 41.8. The highest BCUT2D eigenvalue weighted by molar-refractivity contribution is 7.22. The fourth-order valence-corrected chi connectivity index (χ4v) is 8.87. The second-order valence-corrected chi connectivity index (χ2v) is 17.6. The quantitative estimate of drug-likeness (QED) is 0.115. The van der Waals surface area contributed by atoms with E-state index < -0.39 is 11.6 Å². The molecule has 2 aliphatic heterocycles. The maximum atomic E-state index is 14.0. The number of aromatic nitrogens is 2. The van der Waals surface area contributed by atoms with Gasteiger partial charge in [-0.1, -0.05) is 47.7 Å². The fourth-order valence-electron chi connectivity index (χ4n) is 8.01. The standard InChI is InChI=1S/C47H55N5O6S/c1-7-56-42(53)29-51-25-22-32(23-26-51)19-18-30(2)57-39-16-11-13-34(31(39)3)35-20-21-41(49-43(35)45(55)58-47(4,5)6)52-27-24-33-12-10-14-36(37(33)28-52)44(54)50-46-48-38-15-8-9-17-40(38)59-46/h8-17,20-21,30,32H,7,18-19,22-29H2,1-6H3,(H,48,50,54). The van der Waals surface area contributed by atoms with Crippen molar-refractivity contribution in [2.75, 3.05) is 43.0 Å². The molecule has 0 aliphatic carbocycles. The number of esters is 2. The number of rotatable bonds is 13. The molecule has 0 spiro atoms. The molecule has 3 aromatic carbocycles. The maximum absolute atomic E-state index is 14.0. The zero-order valence-corrected chi connectivity index (χ0v) is 35.8. The van der Waals surface area contributed by atoms with Crippen molar-refractivity contribution in [1.29, 1.82) is 0 Å². The summed E-state index contributed by atoms with van der Waals surface area (Å²) in [5, 5.41) is 3.58. The van der Waals surface area contributed by atoms with Crippen molar-refractivity contribution in [3.05, 3.63) is 101 Å². The fraction of sp³-hybridized carbons (Fsp3) is 0.426. The monoisotopic (exact) mass is 817 g/mol. The minimum Gasteiger partial charge on any atom is -0.490 e. The number of fused-ring (bicyclic) bond motifs is 2. The van der Waals surface area contributed by atoms with E-state index in [1.54, 1.807) is 0 Å². The Kier molecular flexibility index (Phi) is 13.0. The van der Waals surface area contributed by atoms with Crippen LogP contribution in [0.25, 0.3) is 21.3 Å². The molecule has 12 heteroatoms. The van der Waals surface area contributed by atoms with Crippen molar-refractivity contribution in [3.63, 3.8) is 0 Å². The normalized spacial score (nSPS) is 15.4. The van der Waals surface area contributed by atoms with Crippen LogP contribution in [0.1, 0.15) is 97.8 Å². The van der Waals surface area contributed by atoms with E-state index >= 15 is 0 Å². The summed E-state index contributed by atoms with van der Waals surface area (Å²) in [6, 6.07) is 23.5. The predicted molar refractivity (Wildman–Crippen MR) is 233 cm³/mol. The van der Waals surface area contributed by atoms with Crippen LogP contribution in [-0.4, -0.2) is 77.2 Å². The molecule has 0 bridgehead atoms. The van der Waals surface area contributed by atoms with Crippen LogP contribution in [0, 0.1) is 12.8 Å². The summed E-state index contributed by atoms with van der Waals surface area (Å²) in [6.45, 7) is 15.2. The Balaban J connectivity index is 1.07. The molecule has 1 unspecified atom stereocenters. The van der Waals surface area contributed by atoms with Gasteiger partial charge in [0.15, 0.2) is 10.8 Å². The second kappa shape index (κ2) is 18.3. The summed E-state index contributed by atoms with van der Waals surface area (Å²) in [6.07, 6.45) is 4.79.